The van der Waals surface area contributed by atoms with E-state index < -0.39 is 11.7 Å². The molecule has 0 saturated carbocycles. The maximum absolute atomic E-state index is 12.7. The Balaban J connectivity index is 2.05. The summed E-state index contributed by atoms with van der Waals surface area (Å²) in [5.41, 5.74) is 1.33. The van der Waals surface area contributed by atoms with Crippen LogP contribution in [0.25, 0.3) is 11.3 Å². The van der Waals surface area contributed by atoms with Crippen molar-refractivity contribution in [3.05, 3.63) is 60.6 Å². The lowest BCUT2D eigenvalue weighted by molar-refractivity contribution is -0.137. The first kappa shape index (κ1) is 21.9. The first-order valence-corrected chi connectivity index (χ1v) is 9.20. The van der Waals surface area contributed by atoms with Crippen LogP contribution in [0.15, 0.2) is 42.6 Å². The van der Waals surface area contributed by atoms with E-state index in [1.54, 1.807) is 17.2 Å². The summed E-state index contributed by atoms with van der Waals surface area (Å²) in [7, 11) is 0. The highest BCUT2D eigenvalue weighted by Crippen LogP contribution is 2.30. The minimum absolute atomic E-state index is 0.251. The maximum atomic E-state index is 12.7. The number of carbonyl (C=O) groups is 1. The van der Waals surface area contributed by atoms with Crippen molar-refractivity contribution in [1.82, 2.24) is 14.8 Å². The molecule has 1 heterocycles. The van der Waals surface area contributed by atoms with E-state index in [0.29, 0.717) is 24.3 Å². The third-order valence-corrected chi connectivity index (χ3v) is 4.64. The molecule has 1 radical (unpaired) electrons. The predicted molar refractivity (Wildman–Crippen MR) is 103 cm³/mol. The zero-order chi connectivity index (χ0) is 20.7. The molecule has 0 aliphatic heterocycles. The van der Waals surface area contributed by atoms with E-state index in [0.717, 1.165) is 37.3 Å². The second kappa shape index (κ2) is 9.68. The van der Waals surface area contributed by atoms with Gasteiger partial charge in [0.1, 0.15) is 0 Å². The highest BCUT2D eigenvalue weighted by Gasteiger charge is 2.30. The zero-order valence-electron chi connectivity index (χ0n) is 16.2. The molecule has 0 unspecified atom stereocenters. The van der Waals surface area contributed by atoms with Crippen molar-refractivity contribution in [3.8, 4) is 11.3 Å². The summed E-state index contributed by atoms with van der Waals surface area (Å²) in [6, 6.07) is 8.46. The molecule has 151 valence electrons. The molecular weight excluding hydrogens is 367 g/mol. The summed E-state index contributed by atoms with van der Waals surface area (Å²) in [4.78, 5) is 20.0. The number of alkyl halides is 3. The molecule has 1 aromatic heterocycles. The number of benzene rings is 1. The zero-order valence-corrected chi connectivity index (χ0v) is 16.2. The average Bonchev–Trinajstić information content (AvgIpc) is 2.67. The van der Waals surface area contributed by atoms with E-state index in [1.165, 1.54) is 12.1 Å². The molecule has 0 aliphatic carbocycles. The molecule has 0 fully saturated rings. The lowest BCUT2D eigenvalue weighted by atomic mass is 10.1. The Kier molecular flexibility index (Phi) is 7.57. The highest BCUT2D eigenvalue weighted by atomic mass is 19.4. The van der Waals surface area contributed by atoms with Crippen LogP contribution >= 0.6 is 0 Å². The Hall–Kier alpha value is -2.41. The van der Waals surface area contributed by atoms with Crippen LogP contribution in [-0.2, 0) is 17.5 Å². The van der Waals surface area contributed by atoms with Gasteiger partial charge in [0, 0.05) is 38.3 Å². The van der Waals surface area contributed by atoms with Crippen molar-refractivity contribution in [3.63, 3.8) is 0 Å². The molecular formula is C21H25F3N3O. The summed E-state index contributed by atoms with van der Waals surface area (Å²) in [5, 5.41) is 0. The van der Waals surface area contributed by atoms with Gasteiger partial charge in [0.2, 0.25) is 5.91 Å². The molecule has 7 heteroatoms. The largest absolute Gasteiger partial charge is 0.416 e. The van der Waals surface area contributed by atoms with Gasteiger partial charge in [-0.2, -0.15) is 13.2 Å². The molecule has 2 rings (SSSR count). The number of amides is 1. The van der Waals surface area contributed by atoms with Crippen molar-refractivity contribution < 1.29 is 18.0 Å². The fourth-order valence-corrected chi connectivity index (χ4v) is 2.83. The SMILES string of the molecule is [CH2]C(=O)N(CCN(CC)CC)Cc1ccc(-c2ccc(C(F)(F)F)cc2)nc1. The van der Waals surface area contributed by atoms with Gasteiger partial charge in [-0.3, -0.25) is 9.78 Å². The summed E-state index contributed by atoms with van der Waals surface area (Å²) < 4.78 is 38.0. The Bertz CT molecular complexity index is 754. The van der Waals surface area contributed by atoms with Gasteiger partial charge >= 0.3 is 6.18 Å². The second-order valence-electron chi connectivity index (χ2n) is 6.47. The minimum atomic E-state index is -4.36. The number of carbonyl (C=O) groups excluding carboxylic acids is 1. The first-order chi connectivity index (χ1) is 13.2. The number of aromatic nitrogens is 1. The summed E-state index contributed by atoms with van der Waals surface area (Å²) in [6.07, 6.45) is -2.72. The van der Waals surface area contributed by atoms with Crippen LogP contribution in [0.4, 0.5) is 13.2 Å². The van der Waals surface area contributed by atoms with E-state index in [2.05, 4.69) is 30.7 Å². The fourth-order valence-electron chi connectivity index (χ4n) is 2.83. The van der Waals surface area contributed by atoms with Crippen LogP contribution in [0.2, 0.25) is 0 Å². The molecule has 0 bridgehead atoms. The molecule has 0 N–H and O–H groups in total. The van der Waals surface area contributed by atoms with Gasteiger partial charge in [0.15, 0.2) is 0 Å². The number of pyridine rings is 1. The quantitative estimate of drug-likeness (QED) is 0.673. The number of nitrogens with zero attached hydrogens (tertiary/aromatic N) is 3. The van der Waals surface area contributed by atoms with Crippen LogP contribution in [0.1, 0.15) is 25.0 Å². The predicted octanol–water partition coefficient (Wildman–Crippen LogP) is 4.27. The van der Waals surface area contributed by atoms with E-state index in [9.17, 15) is 18.0 Å². The van der Waals surface area contributed by atoms with E-state index in [-0.39, 0.29) is 5.91 Å². The molecule has 4 nitrogen and oxygen atoms in total. The smallest absolute Gasteiger partial charge is 0.337 e. The molecule has 0 spiro atoms. The Morgan fingerprint density at radius 1 is 1.04 bits per heavy atom. The Morgan fingerprint density at radius 3 is 2.14 bits per heavy atom. The second-order valence-corrected chi connectivity index (χ2v) is 6.47. The van der Waals surface area contributed by atoms with Crippen LogP contribution in [0.5, 0.6) is 0 Å². The Morgan fingerprint density at radius 2 is 1.68 bits per heavy atom. The number of hydrogen-bond donors (Lipinski definition) is 0. The molecule has 1 aromatic carbocycles. The van der Waals surface area contributed by atoms with Gasteiger partial charge in [0.05, 0.1) is 11.3 Å². The first-order valence-electron chi connectivity index (χ1n) is 9.20. The lowest BCUT2D eigenvalue weighted by Crippen LogP contribution is -2.37. The van der Waals surface area contributed by atoms with Gasteiger partial charge in [0.25, 0.3) is 0 Å². The molecule has 2 aromatic rings. The van der Waals surface area contributed by atoms with Gasteiger partial charge in [-0.15, -0.1) is 0 Å². The van der Waals surface area contributed by atoms with Crippen LogP contribution < -0.4 is 0 Å². The van der Waals surface area contributed by atoms with Gasteiger partial charge in [-0.05, 0) is 36.9 Å². The molecule has 0 aliphatic rings. The topological polar surface area (TPSA) is 36.4 Å². The van der Waals surface area contributed by atoms with E-state index in [1.807, 2.05) is 6.07 Å². The van der Waals surface area contributed by atoms with Gasteiger partial charge in [-0.25, -0.2) is 0 Å². The normalized spacial score (nSPS) is 11.7. The third kappa shape index (κ3) is 6.05. The number of likely N-dealkylation sites (N-methyl/N-ethyl adjacent to an activating group) is 1. The monoisotopic (exact) mass is 392 g/mol. The van der Waals surface area contributed by atoms with Crippen molar-refractivity contribution in [2.24, 2.45) is 0 Å². The van der Waals surface area contributed by atoms with Gasteiger partial charge in [-0.1, -0.05) is 32.0 Å². The minimum Gasteiger partial charge on any atom is -0.337 e. The highest BCUT2D eigenvalue weighted by molar-refractivity contribution is 5.80. The summed E-state index contributed by atoms with van der Waals surface area (Å²) >= 11 is 0. The van der Waals surface area contributed by atoms with E-state index in [4.69, 9.17) is 0 Å². The number of hydrogen-bond acceptors (Lipinski definition) is 3. The van der Waals surface area contributed by atoms with Crippen LogP contribution in [0, 0.1) is 6.92 Å². The number of rotatable bonds is 8. The maximum Gasteiger partial charge on any atom is 0.416 e. The molecule has 1 amide bonds. The van der Waals surface area contributed by atoms with Crippen molar-refractivity contribution in [2.75, 3.05) is 26.2 Å². The van der Waals surface area contributed by atoms with E-state index >= 15 is 0 Å². The average molecular weight is 392 g/mol. The lowest BCUT2D eigenvalue weighted by Gasteiger charge is -2.25. The molecule has 28 heavy (non-hydrogen) atoms. The van der Waals surface area contributed by atoms with Crippen molar-refractivity contribution >= 4 is 5.91 Å². The number of halogens is 3. The molecule has 0 saturated heterocycles. The standard InChI is InChI=1S/C21H25F3N3O/c1-4-26(5-2)12-13-27(16(3)28)15-17-6-11-20(25-14-17)18-7-9-19(10-8-18)21(22,23)24/h6-11,14H,3-5,12-13,15H2,1-2H3. The Labute approximate surface area is 164 Å². The van der Waals surface area contributed by atoms with Crippen molar-refractivity contribution in [2.45, 2.75) is 26.6 Å². The summed E-state index contributed by atoms with van der Waals surface area (Å²) in [5.74, 6) is -0.251. The fraction of sp³-hybridized carbons (Fsp3) is 0.381. The van der Waals surface area contributed by atoms with Crippen LogP contribution in [0.3, 0.4) is 0 Å². The van der Waals surface area contributed by atoms with Crippen molar-refractivity contribution in [1.29, 1.82) is 0 Å². The molecule has 0 atom stereocenters. The van der Waals surface area contributed by atoms with Gasteiger partial charge < -0.3 is 9.80 Å². The van der Waals surface area contributed by atoms with Crippen LogP contribution in [-0.4, -0.2) is 46.9 Å². The third-order valence-electron chi connectivity index (χ3n) is 4.64. The summed E-state index contributed by atoms with van der Waals surface area (Å²) in [6.45, 7) is 11.2.